The third-order valence-electron chi connectivity index (χ3n) is 6.56. The molecule has 2 aromatic carbocycles. The van der Waals surface area contributed by atoms with Crippen LogP contribution in [0.2, 0.25) is 5.02 Å². The van der Waals surface area contributed by atoms with Crippen LogP contribution in [0.3, 0.4) is 0 Å². The first-order valence-corrected chi connectivity index (χ1v) is 13.8. The van der Waals surface area contributed by atoms with E-state index in [1.54, 1.807) is 59.3 Å². The van der Waals surface area contributed by atoms with Gasteiger partial charge in [-0.15, -0.1) is 5.10 Å². The van der Waals surface area contributed by atoms with Gasteiger partial charge in [-0.05, 0) is 71.5 Å². The van der Waals surface area contributed by atoms with Gasteiger partial charge in [-0.25, -0.2) is 9.89 Å². The smallest absolute Gasteiger partial charge is 0.411 e. The number of hydrogen-bond donors (Lipinski definition) is 3. The van der Waals surface area contributed by atoms with E-state index < -0.39 is 23.6 Å². The maximum atomic E-state index is 13.3. The lowest BCUT2D eigenvalue weighted by Gasteiger charge is -2.17. The highest BCUT2D eigenvalue weighted by molar-refractivity contribution is 6.30. The van der Waals surface area contributed by atoms with Crippen molar-refractivity contribution in [3.63, 3.8) is 0 Å². The summed E-state index contributed by atoms with van der Waals surface area (Å²) in [6.07, 6.45) is 5.97. The van der Waals surface area contributed by atoms with E-state index in [0.717, 1.165) is 5.69 Å². The summed E-state index contributed by atoms with van der Waals surface area (Å²) in [6.45, 7) is 2.66. The molecule has 15 heteroatoms. The molecule has 1 unspecified atom stereocenters. The summed E-state index contributed by atoms with van der Waals surface area (Å²) < 4.78 is 7.86. The number of rotatable bonds is 10. The number of tetrazole rings is 1. The number of carbonyl (C=O) groups excluding carboxylic acids is 2. The van der Waals surface area contributed by atoms with Crippen LogP contribution in [0.15, 0.2) is 78.0 Å². The summed E-state index contributed by atoms with van der Waals surface area (Å²) in [5, 5.41) is 28.6. The summed E-state index contributed by atoms with van der Waals surface area (Å²) >= 11 is 6.21. The number of ether oxygens (including phenoxy) is 1. The molecule has 224 valence electrons. The topological polar surface area (TPSA) is 175 Å². The highest BCUT2D eigenvalue weighted by atomic mass is 35.5. The standard InChI is InChI=1S/C29H27ClN10O4/c1-3-39-13-12-22(36-39)15-24(33-27(41)11-6-19-14-20(30)7-10-26(19)40-17-31-37-38-40)25-16-23(28(42)35-34-25)18-4-8-21(9-5-18)32-29(43)44-2/h4-14,16-17,24H,3,15H2,1-2H3,(H,32,43)(H,33,41)(H,35,42)/b11-6+. The van der Waals surface area contributed by atoms with Crippen LogP contribution in [0.1, 0.15) is 29.9 Å². The zero-order valence-electron chi connectivity index (χ0n) is 23.6. The monoisotopic (exact) mass is 614 g/mol. The minimum absolute atomic E-state index is 0.306. The molecular formula is C29H27ClN10O4. The summed E-state index contributed by atoms with van der Waals surface area (Å²) in [6, 6.07) is 14.6. The molecule has 0 aliphatic carbocycles. The van der Waals surface area contributed by atoms with Crippen LogP contribution in [0, 0.1) is 0 Å². The van der Waals surface area contributed by atoms with Gasteiger partial charge in [0.05, 0.1) is 35.8 Å². The second kappa shape index (κ2) is 13.6. The molecule has 0 saturated carbocycles. The van der Waals surface area contributed by atoms with Crippen LogP contribution in [-0.4, -0.2) is 59.3 Å². The zero-order valence-corrected chi connectivity index (χ0v) is 24.4. The lowest BCUT2D eigenvalue weighted by Crippen LogP contribution is -2.30. The van der Waals surface area contributed by atoms with Crippen molar-refractivity contribution in [2.24, 2.45) is 0 Å². The molecule has 0 aliphatic heterocycles. The highest BCUT2D eigenvalue weighted by Crippen LogP contribution is 2.23. The second-order valence-electron chi connectivity index (χ2n) is 9.45. The quantitative estimate of drug-likeness (QED) is 0.199. The van der Waals surface area contributed by atoms with Crippen LogP contribution >= 0.6 is 11.6 Å². The van der Waals surface area contributed by atoms with Crippen LogP contribution < -0.4 is 16.2 Å². The number of aryl methyl sites for hydroxylation is 1. The van der Waals surface area contributed by atoms with Crippen molar-refractivity contribution in [3.05, 3.63) is 106 Å². The SMILES string of the molecule is CCn1ccc(CC(NC(=O)/C=C/c2cc(Cl)ccc2-n2cnnn2)c2cc(-c3ccc(NC(=O)OC)cc3)c(=O)[nH]n2)n1. The van der Waals surface area contributed by atoms with E-state index in [0.29, 0.717) is 51.7 Å². The van der Waals surface area contributed by atoms with Crippen molar-refractivity contribution < 1.29 is 14.3 Å². The lowest BCUT2D eigenvalue weighted by atomic mass is 10.0. The lowest BCUT2D eigenvalue weighted by molar-refractivity contribution is -0.117. The Kier molecular flexibility index (Phi) is 9.20. The molecule has 1 atom stereocenters. The molecule has 0 saturated heterocycles. The van der Waals surface area contributed by atoms with Gasteiger partial charge in [-0.3, -0.25) is 19.6 Å². The number of hydrogen-bond acceptors (Lipinski definition) is 9. The fourth-order valence-electron chi connectivity index (χ4n) is 4.37. The second-order valence-corrected chi connectivity index (χ2v) is 9.88. The Bertz CT molecular complexity index is 1850. The first kappa shape index (κ1) is 29.8. The van der Waals surface area contributed by atoms with Gasteiger partial charge < -0.3 is 10.1 Å². The van der Waals surface area contributed by atoms with Crippen LogP contribution in [0.25, 0.3) is 22.9 Å². The normalized spacial score (nSPS) is 11.8. The number of anilines is 1. The fourth-order valence-corrected chi connectivity index (χ4v) is 4.55. The number of benzene rings is 2. The molecule has 3 N–H and O–H groups in total. The average molecular weight is 615 g/mol. The van der Waals surface area contributed by atoms with E-state index in [2.05, 4.69) is 46.2 Å². The first-order chi connectivity index (χ1) is 21.3. The van der Waals surface area contributed by atoms with Crippen molar-refractivity contribution in [2.45, 2.75) is 25.9 Å². The number of nitrogens with one attached hydrogen (secondary N) is 3. The number of nitrogens with zero attached hydrogens (tertiary/aromatic N) is 7. The Morgan fingerprint density at radius 3 is 2.66 bits per heavy atom. The van der Waals surface area contributed by atoms with E-state index in [-0.39, 0.29) is 0 Å². The molecule has 3 aromatic heterocycles. The molecular weight excluding hydrogens is 588 g/mol. The van der Waals surface area contributed by atoms with Gasteiger partial charge in [-0.2, -0.15) is 14.9 Å². The average Bonchev–Trinajstić information content (AvgIpc) is 3.73. The Morgan fingerprint density at radius 2 is 1.95 bits per heavy atom. The molecule has 5 rings (SSSR count). The molecule has 0 bridgehead atoms. The molecule has 0 aliphatic rings. The maximum absolute atomic E-state index is 13.3. The number of amides is 2. The predicted octanol–water partition coefficient (Wildman–Crippen LogP) is 3.57. The minimum atomic E-state index is -0.651. The van der Waals surface area contributed by atoms with E-state index in [4.69, 9.17) is 11.6 Å². The summed E-state index contributed by atoms with van der Waals surface area (Å²) in [4.78, 5) is 37.6. The van der Waals surface area contributed by atoms with Crippen molar-refractivity contribution in [2.75, 3.05) is 12.4 Å². The number of aromatic amines is 1. The number of halogens is 1. The number of methoxy groups -OCH3 is 1. The Labute approximate surface area is 255 Å². The van der Waals surface area contributed by atoms with Gasteiger partial charge in [-0.1, -0.05) is 23.7 Å². The third-order valence-corrected chi connectivity index (χ3v) is 6.79. The maximum Gasteiger partial charge on any atom is 0.411 e. The summed E-state index contributed by atoms with van der Waals surface area (Å²) in [5.74, 6) is -0.416. The van der Waals surface area contributed by atoms with E-state index in [9.17, 15) is 14.4 Å². The number of carbonyl (C=O) groups is 2. The van der Waals surface area contributed by atoms with Gasteiger partial charge >= 0.3 is 6.09 Å². The number of H-pyrrole nitrogens is 1. The van der Waals surface area contributed by atoms with Gasteiger partial charge in [0.2, 0.25) is 5.91 Å². The van der Waals surface area contributed by atoms with Gasteiger partial charge in [0.15, 0.2) is 0 Å². The first-order valence-electron chi connectivity index (χ1n) is 13.4. The van der Waals surface area contributed by atoms with Gasteiger partial charge in [0.25, 0.3) is 5.56 Å². The highest BCUT2D eigenvalue weighted by Gasteiger charge is 2.20. The van der Waals surface area contributed by atoms with E-state index in [1.165, 1.54) is 24.2 Å². The molecule has 3 heterocycles. The predicted molar refractivity (Wildman–Crippen MR) is 162 cm³/mol. The molecule has 5 aromatic rings. The largest absolute Gasteiger partial charge is 0.453 e. The minimum Gasteiger partial charge on any atom is -0.453 e. The van der Waals surface area contributed by atoms with Gasteiger partial charge in [0, 0.05) is 41.5 Å². The Balaban J connectivity index is 1.43. The van der Waals surface area contributed by atoms with E-state index >= 15 is 0 Å². The molecule has 0 spiro atoms. The Morgan fingerprint density at radius 1 is 1.14 bits per heavy atom. The van der Waals surface area contributed by atoms with Gasteiger partial charge in [0.1, 0.15) is 6.33 Å². The summed E-state index contributed by atoms with van der Waals surface area (Å²) in [5.41, 5.74) is 3.39. The van der Waals surface area contributed by atoms with Crippen molar-refractivity contribution in [1.82, 2.24) is 45.5 Å². The summed E-state index contributed by atoms with van der Waals surface area (Å²) in [7, 11) is 1.27. The van der Waals surface area contributed by atoms with Crippen LogP contribution in [0.4, 0.5) is 10.5 Å². The van der Waals surface area contributed by atoms with E-state index in [1.807, 2.05) is 19.2 Å². The number of aromatic nitrogens is 8. The molecule has 44 heavy (non-hydrogen) atoms. The third kappa shape index (κ3) is 7.22. The van der Waals surface area contributed by atoms with Crippen molar-refractivity contribution >= 4 is 35.4 Å². The van der Waals surface area contributed by atoms with Crippen LogP contribution in [0.5, 0.6) is 0 Å². The molecule has 2 amide bonds. The zero-order chi connectivity index (χ0) is 31.1. The van der Waals surface area contributed by atoms with Crippen LogP contribution in [-0.2, 0) is 22.5 Å². The fraction of sp³-hybridized carbons (Fsp3) is 0.172. The molecule has 0 fully saturated rings. The molecule has 0 radical (unpaired) electrons. The Hall–Kier alpha value is -5.63. The van der Waals surface area contributed by atoms with Crippen molar-refractivity contribution in [1.29, 1.82) is 0 Å². The molecule has 14 nitrogen and oxygen atoms in total. The van der Waals surface area contributed by atoms with Crippen molar-refractivity contribution in [3.8, 4) is 16.8 Å².